The van der Waals surface area contributed by atoms with Crippen molar-refractivity contribution >= 4 is 5.91 Å². The summed E-state index contributed by atoms with van der Waals surface area (Å²) >= 11 is 0. The predicted molar refractivity (Wildman–Crippen MR) is 63.7 cm³/mol. The van der Waals surface area contributed by atoms with Crippen LogP contribution in [0.2, 0.25) is 0 Å². The van der Waals surface area contributed by atoms with Gasteiger partial charge in [0.05, 0.1) is 0 Å². The molecule has 1 fully saturated rings. The molecule has 1 N–H and O–H groups in total. The fraction of sp³-hybridized carbons (Fsp3) is 0.923. The topological polar surface area (TPSA) is 29.1 Å². The maximum absolute atomic E-state index is 11.6. The normalized spacial score (nSPS) is 18.9. The summed E-state index contributed by atoms with van der Waals surface area (Å²) in [5.74, 6) is 0.954. The number of hydrogen-bond acceptors (Lipinski definition) is 1. The van der Waals surface area contributed by atoms with Crippen molar-refractivity contribution in [1.82, 2.24) is 5.32 Å². The molecule has 0 unspecified atom stereocenters. The van der Waals surface area contributed by atoms with Crippen LogP contribution in [-0.4, -0.2) is 12.5 Å². The third kappa shape index (κ3) is 5.81. The quantitative estimate of drug-likeness (QED) is 0.763. The maximum Gasteiger partial charge on any atom is 0.220 e. The SMILES string of the molecule is CC(C)(C)CC(=O)NCC1CCCCC1. The van der Waals surface area contributed by atoms with E-state index in [9.17, 15) is 4.79 Å². The molecule has 0 aliphatic heterocycles. The zero-order valence-electron chi connectivity index (χ0n) is 10.4. The summed E-state index contributed by atoms with van der Waals surface area (Å²) in [6.45, 7) is 7.21. The first-order valence-corrected chi connectivity index (χ1v) is 6.24. The molecule has 0 heterocycles. The van der Waals surface area contributed by atoms with Crippen molar-refractivity contribution in [3.63, 3.8) is 0 Å². The smallest absolute Gasteiger partial charge is 0.220 e. The maximum atomic E-state index is 11.6. The molecule has 0 atom stereocenters. The van der Waals surface area contributed by atoms with Crippen LogP contribution in [0.25, 0.3) is 0 Å². The Labute approximate surface area is 93.8 Å². The summed E-state index contributed by atoms with van der Waals surface area (Å²) in [7, 11) is 0. The summed E-state index contributed by atoms with van der Waals surface area (Å²) in [5, 5.41) is 3.07. The lowest BCUT2D eigenvalue weighted by Crippen LogP contribution is -2.32. The van der Waals surface area contributed by atoms with E-state index in [1.54, 1.807) is 0 Å². The zero-order chi connectivity index (χ0) is 11.3. The highest BCUT2D eigenvalue weighted by atomic mass is 16.1. The Morgan fingerprint density at radius 1 is 1.20 bits per heavy atom. The van der Waals surface area contributed by atoms with Gasteiger partial charge < -0.3 is 5.32 Å². The minimum atomic E-state index is 0.108. The molecule has 2 heteroatoms. The van der Waals surface area contributed by atoms with Crippen molar-refractivity contribution < 1.29 is 4.79 Å². The first kappa shape index (κ1) is 12.5. The molecule has 1 rings (SSSR count). The van der Waals surface area contributed by atoms with E-state index in [1.165, 1.54) is 32.1 Å². The van der Waals surface area contributed by atoms with Crippen LogP contribution in [0.15, 0.2) is 0 Å². The van der Waals surface area contributed by atoms with Gasteiger partial charge in [-0.25, -0.2) is 0 Å². The molecule has 0 radical (unpaired) electrons. The van der Waals surface area contributed by atoms with Gasteiger partial charge in [0.25, 0.3) is 0 Å². The molecule has 88 valence electrons. The summed E-state index contributed by atoms with van der Waals surface area (Å²) in [5.41, 5.74) is 0.108. The molecule has 0 spiro atoms. The van der Waals surface area contributed by atoms with Crippen molar-refractivity contribution in [1.29, 1.82) is 0 Å². The van der Waals surface area contributed by atoms with Gasteiger partial charge in [-0.3, -0.25) is 4.79 Å². The highest BCUT2D eigenvalue weighted by Crippen LogP contribution is 2.23. The second kappa shape index (κ2) is 5.53. The van der Waals surface area contributed by atoms with Crippen molar-refractivity contribution in [3.05, 3.63) is 0 Å². The Hall–Kier alpha value is -0.530. The number of carbonyl (C=O) groups excluding carboxylic acids is 1. The van der Waals surface area contributed by atoms with E-state index in [0.717, 1.165) is 12.5 Å². The number of nitrogens with one attached hydrogen (secondary N) is 1. The summed E-state index contributed by atoms with van der Waals surface area (Å²) in [4.78, 5) is 11.6. The Morgan fingerprint density at radius 3 is 2.33 bits per heavy atom. The lowest BCUT2D eigenvalue weighted by molar-refractivity contribution is -0.123. The van der Waals surface area contributed by atoms with Gasteiger partial charge in [0, 0.05) is 13.0 Å². The van der Waals surface area contributed by atoms with E-state index < -0.39 is 0 Å². The fourth-order valence-electron chi connectivity index (χ4n) is 2.19. The van der Waals surface area contributed by atoms with Crippen LogP contribution in [0.5, 0.6) is 0 Å². The van der Waals surface area contributed by atoms with E-state index in [-0.39, 0.29) is 11.3 Å². The van der Waals surface area contributed by atoms with Crippen LogP contribution >= 0.6 is 0 Å². The van der Waals surface area contributed by atoms with E-state index in [4.69, 9.17) is 0 Å². The third-order valence-corrected chi connectivity index (χ3v) is 3.00. The Bertz CT molecular complexity index is 199. The van der Waals surface area contributed by atoms with Crippen LogP contribution < -0.4 is 5.32 Å². The number of rotatable bonds is 3. The molecule has 1 amide bonds. The number of carbonyl (C=O) groups is 1. The second-order valence-electron chi connectivity index (χ2n) is 6.05. The van der Waals surface area contributed by atoms with E-state index >= 15 is 0 Å². The largest absolute Gasteiger partial charge is 0.356 e. The third-order valence-electron chi connectivity index (χ3n) is 3.00. The minimum Gasteiger partial charge on any atom is -0.356 e. The van der Waals surface area contributed by atoms with Crippen LogP contribution in [0, 0.1) is 11.3 Å². The van der Waals surface area contributed by atoms with Gasteiger partial charge in [0.15, 0.2) is 0 Å². The van der Waals surface area contributed by atoms with E-state index in [1.807, 2.05) is 0 Å². The van der Waals surface area contributed by atoms with Gasteiger partial charge in [-0.15, -0.1) is 0 Å². The van der Waals surface area contributed by atoms with E-state index in [0.29, 0.717) is 6.42 Å². The predicted octanol–water partition coefficient (Wildman–Crippen LogP) is 3.12. The molecule has 1 aliphatic rings. The van der Waals surface area contributed by atoms with Crippen molar-refractivity contribution in [2.45, 2.75) is 59.3 Å². The molecule has 0 aromatic rings. The van der Waals surface area contributed by atoms with Gasteiger partial charge in [0.2, 0.25) is 5.91 Å². The molecule has 15 heavy (non-hydrogen) atoms. The van der Waals surface area contributed by atoms with E-state index in [2.05, 4.69) is 26.1 Å². The van der Waals surface area contributed by atoms with Crippen LogP contribution in [0.4, 0.5) is 0 Å². The molecule has 0 aromatic heterocycles. The van der Waals surface area contributed by atoms with Gasteiger partial charge in [-0.05, 0) is 24.2 Å². The highest BCUT2D eigenvalue weighted by Gasteiger charge is 2.18. The minimum absolute atomic E-state index is 0.108. The van der Waals surface area contributed by atoms with Gasteiger partial charge in [-0.1, -0.05) is 40.0 Å². The van der Waals surface area contributed by atoms with Gasteiger partial charge in [0.1, 0.15) is 0 Å². The number of hydrogen-bond donors (Lipinski definition) is 1. The number of amides is 1. The van der Waals surface area contributed by atoms with Crippen molar-refractivity contribution in [2.75, 3.05) is 6.54 Å². The lowest BCUT2D eigenvalue weighted by Gasteiger charge is -2.23. The summed E-state index contributed by atoms with van der Waals surface area (Å²) < 4.78 is 0. The van der Waals surface area contributed by atoms with Crippen LogP contribution in [0.3, 0.4) is 0 Å². The standard InChI is InChI=1S/C13H25NO/c1-13(2,3)9-12(15)14-10-11-7-5-4-6-8-11/h11H,4-10H2,1-3H3,(H,14,15). The molecule has 1 aliphatic carbocycles. The Morgan fingerprint density at radius 2 is 1.80 bits per heavy atom. The lowest BCUT2D eigenvalue weighted by atomic mass is 9.88. The van der Waals surface area contributed by atoms with Crippen molar-refractivity contribution in [2.24, 2.45) is 11.3 Å². The van der Waals surface area contributed by atoms with Gasteiger partial charge >= 0.3 is 0 Å². The zero-order valence-corrected chi connectivity index (χ0v) is 10.4. The summed E-state index contributed by atoms with van der Waals surface area (Å²) in [6, 6.07) is 0. The second-order valence-corrected chi connectivity index (χ2v) is 6.05. The molecular formula is C13H25NO. The molecular weight excluding hydrogens is 186 g/mol. The first-order valence-electron chi connectivity index (χ1n) is 6.24. The average molecular weight is 211 g/mol. The average Bonchev–Trinajstić information content (AvgIpc) is 2.14. The van der Waals surface area contributed by atoms with Crippen LogP contribution in [0.1, 0.15) is 59.3 Å². The van der Waals surface area contributed by atoms with Crippen LogP contribution in [-0.2, 0) is 4.79 Å². The summed E-state index contributed by atoms with van der Waals surface area (Å²) in [6.07, 6.45) is 7.32. The molecule has 2 nitrogen and oxygen atoms in total. The molecule has 0 aromatic carbocycles. The Kier molecular flexibility index (Phi) is 4.62. The monoisotopic (exact) mass is 211 g/mol. The molecule has 0 bridgehead atoms. The fourth-order valence-corrected chi connectivity index (χ4v) is 2.19. The van der Waals surface area contributed by atoms with Crippen molar-refractivity contribution in [3.8, 4) is 0 Å². The molecule has 1 saturated carbocycles. The molecule has 0 saturated heterocycles. The highest BCUT2D eigenvalue weighted by molar-refractivity contribution is 5.76. The van der Waals surface area contributed by atoms with Gasteiger partial charge in [-0.2, -0.15) is 0 Å². The Balaban J connectivity index is 2.15. The first-order chi connectivity index (χ1) is 6.97.